The normalized spacial score (nSPS) is 18.2. The fourth-order valence-corrected chi connectivity index (χ4v) is 5.84. The topological polar surface area (TPSA) is 125 Å². The predicted octanol–water partition coefficient (Wildman–Crippen LogP) is 4.06. The van der Waals surface area contributed by atoms with Crippen molar-refractivity contribution in [1.82, 2.24) is 15.0 Å². The Morgan fingerprint density at radius 1 is 1.31 bits per heavy atom. The van der Waals surface area contributed by atoms with Gasteiger partial charge in [-0.2, -0.15) is 5.26 Å². The average molecular weight is 448 g/mol. The van der Waals surface area contributed by atoms with Crippen LogP contribution in [0.2, 0.25) is 0 Å². The molecule has 2 N–H and O–H groups in total. The molecule has 0 bridgehead atoms. The molecule has 9 heteroatoms. The van der Waals surface area contributed by atoms with Crippen LogP contribution in [-0.2, 0) is 9.84 Å². The summed E-state index contributed by atoms with van der Waals surface area (Å²) in [7, 11) is -3.44. The van der Waals surface area contributed by atoms with E-state index >= 15 is 0 Å². The van der Waals surface area contributed by atoms with Gasteiger partial charge in [-0.1, -0.05) is 6.07 Å². The van der Waals surface area contributed by atoms with Gasteiger partial charge in [0.1, 0.15) is 11.9 Å². The summed E-state index contributed by atoms with van der Waals surface area (Å²) < 4.78 is 31.2. The van der Waals surface area contributed by atoms with E-state index < -0.39 is 9.84 Å². The number of hydrogen-bond donors (Lipinski definition) is 2. The minimum atomic E-state index is -3.44. The second-order valence-electron chi connectivity index (χ2n) is 8.18. The molecule has 32 heavy (non-hydrogen) atoms. The monoisotopic (exact) mass is 447 g/mol. The lowest BCUT2D eigenvalue weighted by Gasteiger charge is -2.36. The molecule has 4 aromatic rings. The number of anilines is 1. The zero-order valence-corrected chi connectivity index (χ0v) is 18.2. The second-order valence-corrected chi connectivity index (χ2v) is 10.2. The van der Waals surface area contributed by atoms with E-state index in [0.717, 1.165) is 40.8 Å². The number of rotatable bonds is 6. The largest absolute Gasteiger partial charge is 0.444 e. The van der Waals surface area contributed by atoms with Crippen LogP contribution in [0, 0.1) is 24.2 Å². The van der Waals surface area contributed by atoms with Crippen LogP contribution in [0.5, 0.6) is 0 Å². The zero-order valence-electron chi connectivity index (χ0n) is 17.4. The van der Waals surface area contributed by atoms with Gasteiger partial charge in [0.2, 0.25) is 5.89 Å². The lowest BCUT2D eigenvalue weighted by atomic mass is 9.81. The van der Waals surface area contributed by atoms with E-state index in [9.17, 15) is 8.42 Å². The maximum Gasteiger partial charge on any atom is 0.229 e. The van der Waals surface area contributed by atoms with Gasteiger partial charge in [-0.05, 0) is 49.9 Å². The molecular weight excluding hydrogens is 426 g/mol. The molecule has 0 spiro atoms. The third-order valence-electron chi connectivity index (χ3n) is 5.80. The van der Waals surface area contributed by atoms with Crippen LogP contribution >= 0.6 is 0 Å². The predicted molar refractivity (Wildman–Crippen MR) is 120 cm³/mol. The van der Waals surface area contributed by atoms with Crippen molar-refractivity contribution in [3.63, 3.8) is 0 Å². The maximum atomic E-state index is 12.8. The first-order chi connectivity index (χ1) is 15.4. The molecule has 162 valence electrons. The van der Waals surface area contributed by atoms with Crippen LogP contribution in [0.1, 0.15) is 24.1 Å². The van der Waals surface area contributed by atoms with Crippen LogP contribution in [0.4, 0.5) is 5.69 Å². The first-order valence-corrected chi connectivity index (χ1v) is 12.0. The van der Waals surface area contributed by atoms with Crippen molar-refractivity contribution in [2.75, 3.05) is 11.1 Å². The molecular formula is C23H21N5O3S. The first kappa shape index (κ1) is 20.3. The molecule has 1 aromatic carbocycles. The maximum absolute atomic E-state index is 12.8. The molecule has 0 unspecified atom stereocenters. The summed E-state index contributed by atoms with van der Waals surface area (Å²) in [5.74, 6) is 0.623. The van der Waals surface area contributed by atoms with Gasteiger partial charge in [-0.15, -0.1) is 0 Å². The van der Waals surface area contributed by atoms with Crippen LogP contribution < -0.4 is 5.32 Å². The number of pyridine rings is 1. The fraction of sp³-hybridized carbons (Fsp3) is 0.261. The highest BCUT2D eigenvalue weighted by molar-refractivity contribution is 7.91. The Labute approximate surface area is 185 Å². The smallest absolute Gasteiger partial charge is 0.229 e. The molecule has 3 aromatic heterocycles. The van der Waals surface area contributed by atoms with Gasteiger partial charge in [0.05, 0.1) is 39.2 Å². The van der Waals surface area contributed by atoms with Gasteiger partial charge >= 0.3 is 0 Å². The molecule has 0 saturated heterocycles. The standard InChI is InChI=1S/C23H21N5O3S/c1-14-12-31-23(27-14)20-11-26-22-19(5-6-25-22)21(20)28-17-7-16(8-17)13-32(29,30)18-4-2-3-15(9-18)10-24/h2-6,9,11-12,16-17H,7-8,13H2,1H3,(H2,25,26,28). The third-order valence-corrected chi connectivity index (χ3v) is 7.68. The molecule has 5 rings (SSSR count). The summed E-state index contributed by atoms with van der Waals surface area (Å²) in [6.45, 7) is 1.87. The molecule has 1 fully saturated rings. The van der Waals surface area contributed by atoms with Crippen molar-refractivity contribution in [3.8, 4) is 17.5 Å². The van der Waals surface area contributed by atoms with E-state index in [1.165, 1.54) is 6.07 Å². The highest BCUT2D eigenvalue weighted by Crippen LogP contribution is 2.38. The fourth-order valence-electron chi connectivity index (χ4n) is 4.16. The van der Waals surface area contributed by atoms with Crippen LogP contribution in [0.25, 0.3) is 22.5 Å². The lowest BCUT2D eigenvalue weighted by molar-refractivity contribution is 0.311. The van der Waals surface area contributed by atoms with Gasteiger partial charge < -0.3 is 14.7 Å². The Hall–Kier alpha value is -3.64. The van der Waals surface area contributed by atoms with Gasteiger partial charge in [0.25, 0.3) is 0 Å². The van der Waals surface area contributed by atoms with Crippen molar-refractivity contribution in [3.05, 3.63) is 60.2 Å². The molecule has 0 radical (unpaired) electrons. The number of aromatic amines is 1. The third kappa shape index (κ3) is 3.74. The summed E-state index contributed by atoms with van der Waals surface area (Å²) in [6, 6.07) is 10.3. The number of benzene rings is 1. The first-order valence-electron chi connectivity index (χ1n) is 10.3. The number of hydrogen-bond acceptors (Lipinski definition) is 7. The molecule has 0 amide bonds. The van der Waals surface area contributed by atoms with Crippen molar-refractivity contribution in [2.45, 2.75) is 30.7 Å². The molecule has 8 nitrogen and oxygen atoms in total. The van der Waals surface area contributed by atoms with Crippen LogP contribution in [0.15, 0.2) is 58.3 Å². The summed E-state index contributed by atoms with van der Waals surface area (Å²) in [5.41, 5.74) is 3.55. The Morgan fingerprint density at radius 2 is 2.16 bits per heavy atom. The number of aromatic nitrogens is 3. The number of nitrogens with zero attached hydrogens (tertiary/aromatic N) is 3. The van der Waals surface area contributed by atoms with E-state index in [0.29, 0.717) is 11.5 Å². The molecule has 1 saturated carbocycles. The van der Waals surface area contributed by atoms with Crippen molar-refractivity contribution < 1.29 is 12.8 Å². The van der Waals surface area contributed by atoms with Crippen LogP contribution in [0.3, 0.4) is 0 Å². The molecule has 0 aliphatic heterocycles. The van der Waals surface area contributed by atoms with E-state index in [1.54, 1.807) is 30.7 Å². The number of nitriles is 1. The molecule has 0 atom stereocenters. The highest BCUT2D eigenvalue weighted by Gasteiger charge is 2.34. The second kappa shape index (κ2) is 7.80. The number of nitrogens with one attached hydrogen (secondary N) is 2. The highest BCUT2D eigenvalue weighted by atomic mass is 32.2. The SMILES string of the molecule is Cc1coc(-c2cnc3[nH]ccc3c2NC2CC(CS(=O)(=O)c3cccc(C#N)c3)C2)n1. The van der Waals surface area contributed by atoms with E-state index in [1.807, 2.05) is 25.3 Å². The summed E-state index contributed by atoms with van der Waals surface area (Å²) in [4.78, 5) is 12.2. The minimum Gasteiger partial charge on any atom is -0.444 e. The zero-order chi connectivity index (χ0) is 22.3. The van der Waals surface area contributed by atoms with E-state index in [2.05, 4.69) is 20.3 Å². The Balaban J connectivity index is 1.32. The Kier molecular flexibility index (Phi) is 4.94. The average Bonchev–Trinajstić information content (AvgIpc) is 3.41. The number of fused-ring (bicyclic) bond motifs is 1. The van der Waals surface area contributed by atoms with Crippen LogP contribution in [-0.4, -0.2) is 35.2 Å². The molecule has 3 heterocycles. The van der Waals surface area contributed by atoms with Crippen molar-refractivity contribution >= 4 is 26.6 Å². The van der Waals surface area contributed by atoms with E-state index in [4.69, 9.17) is 9.68 Å². The van der Waals surface area contributed by atoms with Gasteiger partial charge in [-0.25, -0.2) is 18.4 Å². The Bertz CT molecular complexity index is 1440. The summed E-state index contributed by atoms with van der Waals surface area (Å²) >= 11 is 0. The number of oxazole rings is 1. The van der Waals surface area contributed by atoms with Gasteiger partial charge in [-0.3, -0.25) is 0 Å². The van der Waals surface area contributed by atoms with Crippen molar-refractivity contribution in [1.29, 1.82) is 5.26 Å². The van der Waals surface area contributed by atoms with Crippen molar-refractivity contribution in [2.24, 2.45) is 5.92 Å². The minimum absolute atomic E-state index is 0.0548. The summed E-state index contributed by atoms with van der Waals surface area (Å²) in [5, 5.41) is 13.5. The molecule has 1 aliphatic carbocycles. The Morgan fingerprint density at radius 3 is 2.91 bits per heavy atom. The van der Waals surface area contributed by atoms with Gasteiger partial charge in [0, 0.05) is 23.8 Å². The number of H-pyrrole nitrogens is 1. The van der Waals surface area contributed by atoms with Gasteiger partial charge in [0.15, 0.2) is 9.84 Å². The van der Waals surface area contributed by atoms with E-state index in [-0.39, 0.29) is 22.6 Å². The summed E-state index contributed by atoms with van der Waals surface area (Å²) in [6.07, 6.45) is 6.63. The number of aryl methyl sites for hydroxylation is 1. The molecule has 1 aliphatic rings. The number of sulfone groups is 1. The quantitative estimate of drug-likeness (QED) is 0.456. The lowest BCUT2D eigenvalue weighted by Crippen LogP contribution is -2.39.